The molecule has 1 unspecified atom stereocenters. The number of anilines is 2. The Kier molecular flexibility index (Phi) is 15.0. The summed E-state index contributed by atoms with van der Waals surface area (Å²) in [5.74, 6) is -3.24. The van der Waals surface area contributed by atoms with Crippen molar-refractivity contribution >= 4 is 51.0 Å². The zero-order valence-electron chi connectivity index (χ0n) is 33.4. The number of carbonyl (C=O) groups excluding carboxylic acids is 4. The van der Waals surface area contributed by atoms with Crippen molar-refractivity contribution in [3.63, 3.8) is 0 Å². The smallest absolute Gasteiger partial charge is 0.313 e. The second kappa shape index (κ2) is 19.4. The largest absolute Gasteiger partial charge is 0.455 e. The summed E-state index contributed by atoms with van der Waals surface area (Å²) < 4.78 is 13.2. The lowest BCUT2D eigenvalue weighted by Crippen LogP contribution is -2.57. The Bertz CT molecular complexity index is 1690. The highest BCUT2D eigenvalue weighted by atomic mass is 79.9. The van der Waals surface area contributed by atoms with E-state index in [1.54, 1.807) is 33.9 Å². The number of fused-ring (bicyclic) bond motifs is 1. The van der Waals surface area contributed by atoms with Crippen LogP contribution in [0, 0.1) is 11.8 Å². The zero-order valence-corrected chi connectivity index (χ0v) is 34.9. The molecule has 3 aliphatic rings. The van der Waals surface area contributed by atoms with E-state index in [4.69, 9.17) is 9.47 Å². The molecule has 3 saturated heterocycles. The first-order valence-electron chi connectivity index (χ1n) is 20.1. The summed E-state index contributed by atoms with van der Waals surface area (Å²) in [7, 11) is 1.70. The molecule has 0 aromatic heterocycles. The average Bonchev–Trinajstić information content (AvgIpc) is 3.81. The number of unbranched alkanes of at least 4 members (excludes halogenated alkanes) is 3. The number of benzene rings is 2. The normalized spacial score (nSPS) is 24.6. The minimum atomic E-state index is -1.28. The number of likely N-dealkylation sites (N-methyl/N-ethyl adjacent to an activating group) is 1. The van der Waals surface area contributed by atoms with Gasteiger partial charge in [0, 0.05) is 62.5 Å². The summed E-state index contributed by atoms with van der Waals surface area (Å²) in [6, 6.07) is 15.6. The Morgan fingerprint density at radius 3 is 2.30 bits per heavy atom. The van der Waals surface area contributed by atoms with E-state index in [0.29, 0.717) is 43.5 Å². The lowest BCUT2D eigenvalue weighted by molar-refractivity contribution is -0.164. The summed E-state index contributed by atoms with van der Waals surface area (Å²) in [5.41, 5.74) is 1.15. The number of carbonyl (C=O) groups is 4. The van der Waals surface area contributed by atoms with E-state index in [9.17, 15) is 19.5 Å². The molecule has 8 atom stereocenters. The molecule has 12 heteroatoms. The molecular formula is C44H59BrN4O7. The number of nitrogens with zero attached hydrogens (tertiary/aromatic N) is 4. The Labute approximate surface area is 340 Å². The number of esters is 1. The Balaban J connectivity index is 1.50. The van der Waals surface area contributed by atoms with Crippen LogP contribution < -0.4 is 9.80 Å². The highest BCUT2D eigenvalue weighted by Crippen LogP contribution is 2.60. The Morgan fingerprint density at radius 2 is 1.68 bits per heavy atom. The molecule has 2 aromatic rings. The van der Waals surface area contributed by atoms with Crippen molar-refractivity contribution in [1.82, 2.24) is 9.80 Å². The number of rotatable bonds is 21. The minimum Gasteiger partial charge on any atom is -0.455 e. The molecule has 3 fully saturated rings. The van der Waals surface area contributed by atoms with Gasteiger partial charge in [-0.2, -0.15) is 0 Å². The zero-order chi connectivity index (χ0) is 40.6. The third-order valence-electron chi connectivity index (χ3n) is 11.8. The second-order valence-corrected chi connectivity index (χ2v) is 16.3. The summed E-state index contributed by atoms with van der Waals surface area (Å²) in [5, 5.41) is 9.36. The van der Waals surface area contributed by atoms with Gasteiger partial charge in [0.15, 0.2) is 0 Å². The third kappa shape index (κ3) is 8.62. The predicted octanol–water partition coefficient (Wildman–Crippen LogP) is 6.45. The molecule has 0 aliphatic carbocycles. The number of hydrogen-bond acceptors (Lipinski definition) is 8. The van der Waals surface area contributed by atoms with Gasteiger partial charge < -0.3 is 34.2 Å². The first-order chi connectivity index (χ1) is 27.0. The van der Waals surface area contributed by atoms with E-state index in [-0.39, 0.29) is 42.1 Å². The lowest BCUT2D eigenvalue weighted by Gasteiger charge is -2.37. The van der Waals surface area contributed by atoms with E-state index >= 15 is 4.79 Å². The van der Waals surface area contributed by atoms with Gasteiger partial charge in [0.2, 0.25) is 11.8 Å². The average molecular weight is 836 g/mol. The third-order valence-corrected chi connectivity index (χ3v) is 12.7. The molecule has 0 radical (unpaired) electrons. The maximum atomic E-state index is 15.1. The molecule has 1 N–H and O–H groups in total. The van der Waals surface area contributed by atoms with E-state index in [1.165, 1.54) is 0 Å². The van der Waals surface area contributed by atoms with Crippen molar-refractivity contribution in [1.29, 1.82) is 0 Å². The number of allylic oxidation sites excluding steroid dienone is 1. The number of aliphatic hydroxyl groups excluding tert-OH is 1. The molecule has 3 amide bonds. The first-order valence-corrected chi connectivity index (χ1v) is 21.0. The standard InChI is InChI=1S/C44H59BrN4O7/c1-7-11-21-35(51)46(6)30(5)38(31-19-15-14-16-20-31)55-43(54)36-37-41(52)49(27-17-12-13-18-28-50)40(44(37)29-34(45)39(36)56-44)42(53)48(26-8-2)33-24-22-32(23-25-33)47(9-3)10-4/h7-8,14-16,19-20,22-25,30,34,36-40,50H,1-2,9-13,17-18,21,26-29H2,3-6H3/t30-,34?,36+,37-,38+,39+,40+,44-/m0/s1. The van der Waals surface area contributed by atoms with Gasteiger partial charge in [-0.3, -0.25) is 19.2 Å². The van der Waals surface area contributed by atoms with Crippen molar-refractivity contribution in [2.75, 3.05) is 49.6 Å². The van der Waals surface area contributed by atoms with Crippen LogP contribution in [0.25, 0.3) is 0 Å². The van der Waals surface area contributed by atoms with Crippen LogP contribution >= 0.6 is 15.9 Å². The quantitative estimate of drug-likeness (QED) is 0.0660. The van der Waals surface area contributed by atoms with Gasteiger partial charge in [-0.15, -0.1) is 13.2 Å². The van der Waals surface area contributed by atoms with Crippen LogP contribution in [-0.4, -0.2) is 107 Å². The Morgan fingerprint density at radius 1 is 1.02 bits per heavy atom. The van der Waals surface area contributed by atoms with Gasteiger partial charge in [0.25, 0.3) is 5.91 Å². The fourth-order valence-electron chi connectivity index (χ4n) is 8.82. The molecule has 2 bridgehead atoms. The van der Waals surface area contributed by atoms with E-state index in [1.807, 2.05) is 61.5 Å². The number of hydrogen-bond donors (Lipinski definition) is 1. The van der Waals surface area contributed by atoms with Gasteiger partial charge in [0.05, 0.1) is 24.0 Å². The van der Waals surface area contributed by atoms with Crippen molar-refractivity contribution in [2.24, 2.45) is 11.8 Å². The van der Waals surface area contributed by atoms with Crippen LogP contribution in [0.5, 0.6) is 0 Å². The molecular weight excluding hydrogens is 776 g/mol. The van der Waals surface area contributed by atoms with Crippen LogP contribution in [0.3, 0.4) is 0 Å². The Hall–Kier alpha value is -4.00. The van der Waals surface area contributed by atoms with Crippen LogP contribution in [0.2, 0.25) is 0 Å². The maximum absolute atomic E-state index is 15.1. The van der Waals surface area contributed by atoms with Gasteiger partial charge in [-0.25, -0.2) is 0 Å². The van der Waals surface area contributed by atoms with Crippen molar-refractivity contribution < 1.29 is 33.8 Å². The highest BCUT2D eigenvalue weighted by molar-refractivity contribution is 9.09. The van der Waals surface area contributed by atoms with Crippen molar-refractivity contribution in [3.8, 4) is 0 Å². The SMILES string of the molecule is C=CCCC(=O)N(C)[C@@H](C)[C@@H](OC(=O)[C@H]1[C@@H]2O[C@@]3(CC2Br)[C@@H]1C(=O)N(CCCCCCO)[C@@H]3C(=O)N(CC=C)c1ccc(N(CC)CC)cc1)c1ccccc1. The number of alkyl halides is 1. The van der Waals surface area contributed by atoms with Crippen molar-refractivity contribution in [2.45, 2.75) is 100 Å². The van der Waals surface area contributed by atoms with Crippen LogP contribution in [-0.2, 0) is 28.7 Å². The maximum Gasteiger partial charge on any atom is 0.313 e. The lowest BCUT2D eigenvalue weighted by atomic mass is 9.70. The van der Waals surface area contributed by atoms with Gasteiger partial charge in [-0.05, 0) is 76.3 Å². The highest BCUT2D eigenvalue weighted by Gasteiger charge is 2.77. The molecule has 56 heavy (non-hydrogen) atoms. The topological polar surface area (TPSA) is 120 Å². The molecule has 11 nitrogen and oxygen atoms in total. The van der Waals surface area contributed by atoms with Gasteiger partial charge >= 0.3 is 5.97 Å². The van der Waals surface area contributed by atoms with E-state index in [0.717, 1.165) is 31.6 Å². The second-order valence-electron chi connectivity index (χ2n) is 15.1. The molecule has 2 aromatic carbocycles. The molecule has 1 spiro atoms. The monoisotopic (exact) mass is 834 g/mol. The van der Waals surface area contributed by atoms with Crippen LogP contribution in [0.4, 0.5) is 11.4 Å². The number of ether oxygens (including phenoxy) is 2. The van der Waals surface area contributed by atoms with Crippen molar-refractivity contribution in [3.05, 3.63) is 85.5 Å². The number of aliphatic hydroxyl groups is 1. The molecule has 3 aliphatic heterocycles. The number of halogens is 1. The van der Waals surface area contributed by atoms with E-state index < -0.39 is 47.7 Å². The molecule has 0 saturated carbocycles. The fraction of sp³-hybridized carbons (Fsp3) is 0.545. The summed E-state index contributed by atoms with van der Waals surface area (Å²) in [6.45, 7) is 16.0. The molecule has 3 heterocycles. The fourth-order valence-corrected chi connectivity index (χ4v) is 9.76. The number of amides is 3. The summed E-state index contributed by atoms with van der Waals surface area (Å²) in [4.78, 5) is 64.6. The first kappa shape index (κ1) is 43.1. The summed E-state index contributed by atoms with van der Waals surface area (Å²) in [6.07, 6.45) is 5.80. The molecule has 5 rings (SSSR count). The molecule has 304 valence electrons. The predicted molar refractivity (Wildman–Crippen MR) is 222 cm³/mol. The van der Waals surface area contributed by atoms with Gasteiger partial charge in [0.1, 0.15) is 17.7 Å². The van der Waals surface area contributed by atoms with E-state index in [2.05, 4.69) is 47.8 Å². The minimum absolute atomic E-state index is 0.0888. The summed E-state index contributed by atoms with van der Waals surface area (Å²) >= 11 is 3.79. The van der Waals surface area contributed by atoms with Crippen LogP contribution in [0.15, 0.2) is 79.9 Å². The van der Waals surface area contributed by atoms with Gasteiger partial charge in [-0.1, -0.05) is 71.3 Å². The van der Waals surface area contributed by atoms with Crippen LogP contribution in [0.1, 0.15) is 77.4 Å². The number of likely N-dealkylation sites (tertiary alicyclic amines) is 1.